The van der Waals surface area contributed by atoms with E-state index in [0.717, 1.165) is 0 Å². The van der Waals surface area contributed by atoms with Crippen molar-refractivity contribution < 1.29 is 36.5 Å². The number of rotatable bonds is 0. The van der Waals surface area contributed by atoms with Crippen molar-refractivity contribution in [3.8, 4) is 0 Å². The summed E-state index contributed by atoms with van der Waals surface area (Å²) in [5.74, 6) is 0. The fraction of sp³-hybridized carbons (Fsp3) is 0. The molecule has 4 heteroatoms. The molecule has 4 heavy (non-hydrogen) atoms. The molecule has 0 aliphatic rings. The van der Waals surface area contributed by atoms with Crippen molar-refractivity contribution in [3.63, 3.8) is 0 Å². The quantitative estimate of drug-likeness (QED) is 0.371. The van der Waals surface area contributed by atoms with Crippen LogP contribution in [0, 0.1) is 0 Å². The van der Waals surface area contributed by atoms with E-state index in [9.17, 15) is 0 Å². The largest absolute Gasteiger partial charge is 0.316 e. The van der Waals surface area contributed by atoms with Crippen molar-refractivity contribution in [2.75, 3.05) is 0 Å². The van der Waals surface area contributed by atoms with Crippen LogP contribution in [0.3, 0.4) is 0 Å². The summed E-state index contributed by atoms with van der Waals surface area (Å²) < 4.78 is 0. The van der Waals surface area contributed by atoms with Crippen molar-refractivity contribution >= 4 is 40.4 Å². The van der Waals surface area contributed by atoms with E-state index in [1.54, 1.807) is 0 Å². The van der Waals surface area contributed by atoms with Gasteiger partial charge in [-0.05, 0) is 0 Å². The van der Waals surface area contributed by atoms with Gasteiger partial charge in [0.05, 0.1) is 0 Å². The first kappa shape index (κ1) is 32.0. The van der Waals surface area contributed by atoms with Crippen molar-refractivity contribution in [3.05, 3.63) is 0 Å². The van der Waals surface area contributed by atoms with Crippen molar-refractivity contribution in [1.82, 2.24) is 0 Å². The van der Waals surface area contributed by atoms with Crippen molar-refractivity contribution in [2.45, 2.75) is 0 Å². The van der Waals surface area contributed by atoms with Crippen LogP contribution in [0.4, 0.5) is 0 Å². The first-order valence-corrected chi connectivity index (χ1v) is 0. The first-order chi connectivity index (χ1) is 0. The third-order valence-electron chi connectivity index (χ3n) is 0. The molecule has 19 valence electrons. The predicted octanol–water partition coefficient (Wildman–Crippen LogP) is -2.11. The Kier molecular flexibility index (Phi) is 144. The van der Waals surface area contributed by atoms with Gasteiger partial charge in [0.15, 0.2) is 17.4 Å². The molecule has 0 amide bonds. The zero-order valence-corrected chi connectivity index (χ0v) is 5.23. The van der Waals surface area contributed by atoms with Crippen LogP contribution < -0.4 is 0 Å². The van der Waals surface area contributed by atoms with Gasteiger partial charge in [-0.1, -0.05) is 0 Å². The zero-order chi connectivity index (χ0) is 0. The molecule has 0 N–H and O–H groups in total. The monoisotopic (exact) mass is 175 g/mol. The summed E-state index contributed by atoms with van der Waals surface area (Å²) in [7, 11) is 0. The van der Waals surface area contributed by atoms with Crippen LogP contribution in [0.2, 0.25) is 0 Å². The summed E-state index contributed by atoms with van der Waals surface area (Å²) in [6.07, 6.45) is 0. The molecule has 0 heterocycles. The second-order valence-corrected chi connectivity index (χ2v) is 0. The van der Waals surface area contributed by atoms with Gasteiger partial charge in [-0.3, -0.25) is 0 Å². The van der Waals surface area contributed by atoms with Crippen LogP contribution in [0.1, 0.15) is 0 Å². The van der Waals surface area contributed by atoms with E-state index < -0.39 is 0 Å². The third-order valence-corrected chi connectivity index (χ3v) is 0. The van der Waals surface area contributed by atoms with Crippen LogP contribution in [-0.4, -0.2) is 40.4 Å². The number of hydrogen-bond donors (Lipinski definition) is 0. The fourth-order valence-electron chi connectivity index (χ4n) is 0. The van der Waals surface area contributed by atoms with Crippen molar-refractivity contribution in [1.29, 1.82) is 0 Å². The summed E-state index contributed by atoms with van der Waals surface area (Å²) in [6.45, 7) is 0. The van der Waals surface area contributed by atoms with Crippen molar-refractivity contribution in [2.24, 2.45) is 0 Å². The summed E-state index contributed by atoms with van der Waals surface area (Å²) in [5, 5.41) is 0. The molecule has 0 aliphatic carbocycles. The van der Waals surface area contributed by atoms with Gasteiger partial charge in [-0.15, -0.1) is 0 Å². The van der Waals surface area contributed by atoms with E-state index in [-0.39, 0.29) is 77.0 Å². The van der Waals surface area contributed by atoms with Gasteiger partial charge in [-0.2, -0.15) is 0 Å². The molecule has 0 spiro atoms. The Morgan fingerprint density at radius 3 is 1.00 bits per heavy atom. The summed E-state index contributed by atoms with van der Waals surface area (Å²) in [4.78, 5) is 0. The Balaban J connectivity index is 0. The molecule has 0 unspecified atom stereocenters. The van der Waals surface area contributed by atoms with Crippen LogP contribution in [0.5, 0.6) is 0 Å². The molecule has 0 aliphatic heterocycles. The normalized spacial score (nSPS) is 0. The Hall–Kier alpha value is 2.44. The molecule has 0 aromatic rings. The molecule has 0 bridgehead atoms. The average molecular weight is 177 g/mol. The predicted molar refractivity (Wildman–Crippen MR) is 18.5 cm³/mol. The number of hydrogen-bond acceptors (Lipinski definition) is 0. The third kappa shape index (κ3) is 8.82. The van der Waals surface area contributed by atoms with Crippen LogP contribution in [0.25, 0.3) is 0 Å². The van der Waals surface area contributed by atoms with E-state index in [4.69, 9.17) is 0 Å². The molecular formula is H5AlMgMnZn. The second kappa shape index (κ2) is 18.0. The van der Waals surface area contributed by atoms with Gasteiger partial charge in [-0.25, -0.2) is 0 Å². The maximum absolute atomic E-state index is 0. The topological polar surface area (TPSA) is 0 Å². The van der Waals surface area contributed by atoms with Crippen LogP contribution in [-0.2, 0) is 36.5 Å². The molecule has 0 atom stereocenters. The molecular weight excluding hydrogens is 172 g/mol. The van der Waals surface area contributed by atoms with Gasteiger partial charge in [0, 0.05) is 36.5 Å². The molecule has 0 rings (SSSR count). The molecule has 0 aromatic carbocycles. The first-order valence-electron chi connectivity index (χ1n) is 0. The molecule has 0 nitrogen and oxygen atoms in total. The minimum absolute atomic E-state index is 0. The minimum atomic E-state index is 0. The van der Waals surface area contributed by atoms with Gasteiger partial charge >= 0.3 is 23.1 Å². The molecule has 1 radical (unpaired) electrons. The van der Waals surface area contributed by atoms with Gasteiger partial charge in [0.2, 0.25) is 0 Å². The standard InChI is InChI=1S/Al.Mg.Mn.Zn.5H. The Bertz CT molecular complexity index is 8.00. The van der Waals surface area contributed by atoms with E-state index in [0.29, 0.717) is 0 Å². The van der Waals surface area contributed by atoms with Gasteiger partial charge < -0.3 is 0 Å². The summed E-state index contributed by atoms with van der Waals surface area (Å²) in [6, 6.07) is 0. The maximum atomic E-state index is 0. The zero-order valence-electron chi connectivity index (χ0n) is 1.09. The maximum Gasteiger partial charge on any atom is 0.316 e. The van der Waals surface area contributed by atoms with E-state index in [1.807, 2.05) is 0 Å². The Morgan fingerprint density at radius 2 is 1.00 bits per heavy atom. The second-order valence-electron chi connectivity index (χ2n) is 0. The SMILES string of the molecule is [AlH3].[MgH2].[Mn].[Zn]. The molecule has 0 aromatic heterocycles. The van der Waals surface area contributed by atoms with E-state index in [1.165, 1.54) is 0 Å². The fourth-order valence-corrected chi connectivity index (χ4v) is 0. The van der Waals surface area contributed by atoms with E-state index in [2.05, 4.69) is 0 Å². The van der Waals surface area contributed by atoms with Crippen LogP contribution in [0.15, 0.2) is 0 Å². The van der Waals surface area contributed by atoms with Crippen LogP contribution >= 0.6 is 0 Å². The van der Waals surface area contributed by atoms with E-state index >= 15 is 0 Å². The van der Waals surface area contributed by atoms with Gasteiger partial charge in [0.25, 0.3) is 0 Å². The average Bonchev–Trinajstić information content (AvgIpc) is 0. The molecule has 0 fully saturated rings. The molecule has 0 saturated carbocycles. The van der Waals surface area contributed by atoms with Gasteiger partial charge in [0.1, 0.15) is 0 Å². The minimum Gasteiger partial charge on any atom is 0 e. The smallest absolute Gasteiger partial charge is 0 e. The summed E-state index contributed by atoms with van der Waals surface area (Å²) in [5.41, 5.74) is 0. The Morgan fingerprint density at radius 1 is 1.00 bits per heavy atom. The Labute approximate surface area is 76.0 Å². The summed E-state index contributed by atoms with van der Waals surface area (Å²) >= 11 is 0. The molecule has 0 saturated heterocycles.